The molecule has 1 aromatic carbocycles. The largest absolute Gasteiger partial charge is 0.494 e. The number of halogens is 1. The van der Waals surface area contributed by atoms with Gasteiger partial charge < -0.3 is 4.74 Å². The van der Waals surface area contributed by atoms with Crippen LogP contribution in [0.2, 0.25) is 0 Å². The molecule has 0 radical (unpaired) electrons. The zero-order chi connectivity index (χ0) is 11.1. The van der Waals surface area contributed by atoms with Gasteiger partial charge in [0, 0.05) is 4.43 Å². The zero-order valence-electron chi connectivity index (χ0n) is 9.50. The Morgan fingerprint density at radius 2 is 2.20 bits per heavy atom. The summed E-state index contributed by atoms with van der Waals surface area (Å²) >= 11 is 2.42. The van der Waals surface area contributed by atoms with E-state index < -0.39 is 0 Å². The summed E-state index contributed by atoms with van der Waals surface area (Å²) < 4.78 is 6.83. The maximum Gasteiger partial charge on any atom is 0.119 e. The van der Waals surface area contributed by atoms with E-state index in [0.717, 1.165) is 23.2 Å². The topological polar surface area (TPSA) is 9.23 Å². The lowest BCUT2D eigenvalue weighted by Crippen LogP contribution is -1.99. The summed E-state index contributed by atoms with van der Waals surface area (Å²) in [7, 11) is 0. The molecule has 15 heavy (non-hydrogen) atoms. The van der Waals surface area contributed by atoms with Gasteiger partial charge in [0.15, 0.2) is 0 Å². The van der Waals surface area contributed by atoms with Gasteiger partial charge in [-0.1, -0.05) is 55.0 Å². The summed E-state index contributed by atoms with van der Waals surface area (Å²) in [6.07, 6.45) is 2.32. The van der Waals surface area contributed by atoms with Crippen LogP contribution in [-0.4, -0.2) is 11.0 Å². The van der Waals surface area contributed by atoms with Gasteiger partial charge in [-0.3, -0.25) is 0 Å². The summed E-state index contributed by atoms with van der Waals surface area (Å²) in [5, 5.41) is 0. The summed E-state index contributed by atoms with van der Waals surface area (Å²) in [6, 6.07) is 8.47. The van der Waals surface area contributed by atoms with Gasteiger partial charge >= 0.3 is 0 Å². The monoisotopic (exact) mass is 318 g/mol. The Morgan fingerprint density at radius 1 is 1.40 bits per heavy atom. The van der Waals surface area contributed by atoms with Crippen LogP contribution in [-0.2, 0) is 0 Å². The van der Waals surface area contributed by atoms with Crippen LogP contribution in [0.15, 0.2) is 24.3 Å². The van der Waals surface area contributed by atoms with E-state index in [2.05, 4.69) is 54.6 Å². The van der Waals surface area contributed by atoms with Gasteiger partial charge in [-0.15, -0.1) is 0 Å². The number of hydrogen-bond acceptors (Lipinski definition) is 1. The van der Waals surface area contributed by atoms with Crippen LogP contribution < -0.4 is 4.74 Å². The normalized spacial score (nSPS) is 12.5. The first-order valence-corrected chi connectivity index (χ1v) is 7.09. The Bertz CT molecular complexity index is 286. The number of hydrogen-bond donors (Lipinski definition) is 0. The second-order valence-electron chi connectivity index (χ2n) is 3.83. The third-order valence-electron chi connectivity index (χ3n) is 2.43. The molecule has 2 heteroatoms. The molecule has 1 rings (SSSR count). The van der Waals surface area contributed by atoms with Gasteiger partial charge in [0.05, 0.1) is 6.61 Å². The first-order chi connectivity index (χ1) is 7.27. The summed E-state index contributed by atoms with van der Waals surface area (Å²) in [5.74, 6) is 1.62. The number of benzene rings is 1. The highest BCUT2D eigenvalue weighted by molar-refractivity contribution is 14.1. The van der Waals surface area contributed by atoms with Crippen LogP contribution in [0.3, 0.4) is 0 Å². The molecule has 0 aliphatic heterocycles. The predicted octanol–water partition coefficient (Wildman–Crippen LogP) is 4.40. The van der Waals surface area contributed by atoms with E-state index >= 15 is 0 Å². The number of rotatable bonds is 6. The summed E-state index contributed by atoms with van der Waals surface area (Å²) in [5.41, 5.74) is 1.37. The second-order valence-corrected chi connectivity index (χ2v) is 4.71. The van der Waals surface area contributed by atoms with E-state index in [4.69, 9.17) is 4.74 Å². The van der Waals surface area contributed by atoms with Crippen LogP contribution in [0.5, 0.6) is 5.75 Å². The van der Waals surface area contributed by atoms with E-state index in [1.165, 1.54) is 12.0 Å². The molecule has 0 bridgehead atoms. The maximum atomic E-state index is 5.68. The molecule has 0 heterocycles. The van der Waals surface area contributed by atoms with Crippen molar-refractivity contribution >= 4 is 22.6 Å². The van der Waals surface area contributed by atoms with Crippen LogP contribution in [0.4, 0.5) is 0 Å². The standard InChI is InChI=1S/C13H19IO/c1-3-4-8-15-13-7-5-6-12(9-13)11(2)10-14/h5-7,9,11H,3-4,8,10H2,1-2H3. The van der Waals surface area contributed by atoms with Crippen molar-refractivity contribution in [2.45, 2.75) is 32.6 Å². The van der Waals surface area contributed by atoms with Gasteiger partial charge in [-0.2, -0.15) is 0 Å². The minimum absolute atomic E-state index is 0.611. The van der Waals surface area contributed by atoms with Crippen LogP contribution in [0, 0.1) is 0 Å². The highest BCUT2D eigenvalue weighted by atomic mass is 127. The van der Waals surface area contributed by atoms with Crippen LogP contribution in [0.1, 0.15) is 38.2 Å². The van der Waals surface area contributed by atoms with Crippen LogP contribution in [0.25, 0.3) is 0 Å². The molecule has 1 nitrogen and oxygen atoms in total. The number of alkyl halides is 1. The highest BCUT2D eigenvalue weighted by Gasteiger charge is 2.04. The average Bonchev–Trinajstić information content (AvgIpc) is 2.29. The van der Waals surface area contributed by atoms with Crippen molar-refractivity contribution in [3.05, 3.63) is 29.8 Å². The van der Waals surface area contributed by atoms with Crippen molar-refractivity contribution in [3.63, 3.8) is 0 Å². The second kappa shape index (κ2) is 7.09. The van der Waals surface area contributed by atoms with Gasteiger partial charge in [0.1, 0.15) is 5.75 Å². The predicted molar refractivity (Wildman–Crippen MR) is 74.1 cm³/mol. The Labute approximate surface area is 106 Å². The smallest absolute Gasteiger partial charge is 0.119 e. The number of ether oxygens (including phenoxy) is 1. The average molecular weight is 318 g/mol. The van der Waals surface area contributed by atoms with E-state index in [-0.39, 0.29) is 0 Å². The fourth-order valence-electron chi connectivity index (χ4n) is 1.33. The molecule has 0 N–H and O–H groups in total. The maximum absolute atomic E-state index is 5.68. The first-order valence-electron chi connectivity index (χ1n) is 5.56. The molecule has 0 aromatic heterocycles. The van der Waals surface area contributed by atoms with Crippen molar-refractivity contribution in [2.75, 3.05) is 11.0 Å². The minimum atomic E-state index is 0.611. The minimum Gasteiger partial charge on any atom is -0.494 e. The molecule has 0 aliphatic carbocycles. The first kappa shape index (κ1) is 12.8. The molecule has 1 unspecified atom stereocenters. The van der Waals surface area contributed by atoms with Gasteiger partial charge in [-0.05, 0) is 30.0 Å². The molecule has 0 saturated heterocycles. The molecule has 1 atom stereocenters. The summed E-state index contributed by atoms with van der Waals surface area (Å²) in [6.45, 7) is 5.26. The van der Waals surface area contributed by atoms with Gasteiger partial charge in [-0.25, -0.2) is 0 Å². The van der Waals surface area contributed by atoms with E-state index in [1.54, 1.807) is 0 Å². The quantitative estimate of drug-likeness (QED) is 0.429. The van der Waals surface area contributed by atoms with Crippen molar-refractivity contribution < 1.29 is 4.74 Å². The van der Waals surface area contributed by atoms with Gasteiger partial charge in [0.2, 0.25) is 0 Å². The molecular weight excluding hydrogens is 299 g/mol. The third kappa shape index (κ3) is 4.41. The highest BCUT2D eigenvalue weighted by Crippen LogP contribution is 2.22. The third-order valence-corrected chi connectivity index (χ3v) is 3.75. The van der Waals surface area contributed by atoms with Crippen molar-refractivity contribution in [1.29, 1.82) is 0 Å². The van der Waals surface area contributed by atoms with E-state index in [9.17, 15) is 0 Å². The Morgan fingerprint density at radius 3 is 2.87 bits per heavy atom. The van der Waals surface area contributed by atoms with Crippen molar-refractivity contribution in [3.8, 4) is 5.75 Å². The molecule has 0 fully saturated rings. The molecule has 1 aromatic rings. The molecule has 0 aliphatic rings. The Hall–Kier alpha value is -0.250. The molecule has 0 spiro atoms. The molecule has 0 amide bonds. The fourth-order valence-corrected chi connectivity index (χ4v) is 1.84. The van der Waals surface area contributed by atoms with Crippen LogP contribution >= 0.6 is 22.6 Å². The Balaban J connectivity index is 2.57. The van der Waals surface area contributed by atoms with Gasteiger partial charge in [0.25, 0.3) is 0 Å². The fraction of sp³-hybridized carbons (Fsp3) is 0.538. The molecule has 84 valence electrons. The van der Waals surface area contributed by atoms with Crippen molar-refractivity contribution in [1.82, 2.24) is 0 Å². The van der Waals surface area contributed by atoms with Crippen molar-refractivity contribution in [2.24, 2.45) is 0 Å². The molecule has 0 saturated carbocycles. The lowest BCUT2D eigenvalue weighted by atomic mass is 10.0. The number of unbranched alkanes of at least 4 members (excludes halogenated alkanes) is 1. The van der Waals surface area contributed by atoms with E-state index in [0.29, 0.717) is 5.92 Å². The summed E-state index contributed by atoms with van der Waals surface area (Å²) in [4.78, 5) is 0. The van der Waals surface area contributed by atoms with E-state index in [1.807, 2.05) is 6.07 Å². The SMILES string of the molecule is CCCCOc1cccc(C(C)CI)c1. The zero-order valence-corrected chi connectivity index (χ0v) is 11.7. The lowest BCUT2D eigenvalue weighted by Gasteiger charge is -2.11. The lowest BCUT2D eigenvalue weighted by molar-refractivity contribution is 0.309. The molecular formula is C13H19IO. The Kier molecular flexibility index (Phi) is 6.06.